The molecule has 0 spiro atoms. The van der Waals surface area contributed by atoms with Gasteiger partial charge in [0.15, 0.2) is 0 Å². The van der Waals surface area contributed by atoms with Crippen LogP contribution in [0.25, 0.3) is 0 Å². The van der Waals surface area contributed by atoms with E-state index in [9.17, 15) is 0 Å². The number of hydrogen-bond acceptors (Lipinski definition) is 3. The van der Waals surface area contributed by atoms with E-state index < -0.39 is 0 Å². The molecule has 2 heterocycles. The first-order valence-electron chi connectivity index (χ1n) is 8.37. The molecule has 0 bridgehead atoms. The van der Waals surface area contributed by atoms with Crippen molar-refractivity contribution in [1.29, 1.82) is 0 Å². The summed E-state index contributed by atoms with van der Waals surface area (Å²) < 4.78 is 2.26. The molecule has 2 atom stereocenters. The molecule has 1 aliphatic rings. The highest BCUT2D eigenvalue weighted by atomic mass is 15.3. The van der Waals surface area contributed by atoms with Crippen LogP contribution in [0.1, 0.15) is 46.4 Å². The number of rotatable bonds is 5. The van der Waals surface area contributed by atoms with Crippen molar-refractivity contribution in [2.24, 2.45) is 5.41 Å². The maximum Gasteiger partial charge on any atom is 0.105 e. The van der Waals surface area contributed by atoms with E-state index in [2.05, 4.69) is 60.6 Å². The number of hydrogen-bond donors (Lipinski definition) is 1. The lowest BCUT2D eigenvalue weighted by atomic mass is 9.83. The summed E-state index contributed by atoms with van der Waals surface area (Å²) in [5.74, 6) is 1.11. The van der Waals surface area contributed by atoms with E-state index in [-0.39, 0.29) is 0 Å². The van der Waals surface area contributed by atoms with Crippen LogP contribution in [-0.4, -0.2) is 46.2 Å². The number of nitrogens with zero attached hydrogens (tertiary/aromatic N) is 3. The average molecular weight is 292 g/mol. The molecule has 120 valence electrons. The number of aromatic nitrogens is 2. The Balaban J connectivity index is 2.01. The van der Waals surface area contributed by atoms with Gasteiger partial charge in [-0.3, -0.25) is 4.90 Å². The molecule has 0 radical (unpaired) electrons. The summed E-state index contributed by atoms with van der Waals surface area (Å²) in [6.45, 7) is 15.9. The van der Waals surface area contributed by atoms with E-state index >= 15 is 0 Å². The monoisotopic (exact) mass is 292 g/mol. The highest BCUT2D eigenvalue weighted by Crippen LogP contribution is 2.27. The fraction of sp³-hybridized carbons (Fsp3) is 0.824. The Morgan fingerprint density at radius 1 is 1.33 bits per heavy atom. The maximum atomic E-state index is 4.32. The van der Waals surface area contributed by atoms with Crippen LogP contribution in [0.4, 0.5) is 0 Å². The predicted octanol–water partition coefficient (Wildman–Crippen LogP) is 2.68. The van der Waals surface area contributed by atoms with Crippen molar-refractivity contribution in [1.82, 2.24) is 19.8 Å². The van der Waals surface area contributed by atoms with Crippen LogP contribution in [-0.2, 0) is 6.54 Å². The van der Waals surface area contributed by atoms with Gasteiger partial charge in [0.1, 0.15) is 5.82 Å². The van der Waals surface area contributed by atoms with E-state index in [0.717, 1.165) is 25.5 Å². The van der Waals surface area contributed by atoms with Crippen molar-refractivity contribution in [3.05, 3.63) is 18.2 Å². The van der Waals surface area contributed by atoms with Crippen LogP contribution in [0, 0.1) is 12.3 Å². The Morgan fingerprint density at radius 3 is 2.67 bits per heavy atom. The Hall–Kier alpha value is -0.870. The van der Waals surface area contributed by atoms with Crippen molar-refractivity contribution in [3.8, 4) is 0 Å². The maximum absolute atomic E-state index is 4.32. The second-order valence-electron chi connectivity index (χ2n) is 7.44. The van der Waals surface area contributed by atoms with Gasteiger partial charge in [-0.25, -0.2) is 4.98 Å². The standard InChI is InChI=1S/C17H32N4/c1-6-7-15-13-21(16(12-19-15)17(3,4)5)11-10-20-9-8-18-14(20)2/h8-9,15-16,19H,6-7,10-13H2,1-5H3. The predicted molar refractivity (Wildman–Crippen MR) is 88.5 cm³/mol. The van der Waals surface area contributed by atoms with Gasteiger partial charge in [0.05, 0.1) is 0 Å². The van der Waals surface area contributed by atoms with Crippen molar-refractivity contribution in [2.75, 3.05) is 19.6 Å². The molecule has 1 saturated heterocycles. The van der Waals surface area contributed by atoms with Crippen LogP contribution in [0.3, 0.4) is 0 Å². The minimum absolute atomic E-state index is 0.314. The number of nitrogens with one attached hydrogen (secondary N) is 1. The fourth-order valence-electron chi connectivity index (χ4n) is 3.40. The first kappa shape index (κ1) is 16.5. The molecule has 1 aromatic rings. The molecule has 2 unspecified atom stereocenters. The van der Waals surface area contributed by atoms with Gasteiger partial charge >= 0.3 is 0 Å². The Kier molecular flexibility index (Phi) is 5.44. The molecule has 0 aromatic carbocycles. The van der Waals surface area contributed by atoms with Gasteiger partial charge in [-0.05, 0) is 18.8 Å². The summed E-state index contributed by atoms with van der Waals surface area (Å²) in [4.78, 5) is 7.02. The lowest BCUT2D eigenvalue weighted by Crippen LogP contribution is -2.60. The zero-order chi connectivity index (χ0) is 15.5. The minimum Gasteiger partial charge on any atom is -0.334 e. The molecule has 1 aromatic heterocycles. The van der Waals surface area contributed by atoms with E-state index in [0.29, 0.717) is 17.5 Å². The van der Waals surface area contributed by atoms with Gasteiger partial charge in [0.25, 0.3) is 0 Å². The molecule has 1 aliphatic heterocycles. The summed E-state index contributed by atoms with van der Waals surface area (Å²) in [7, 11) is 0. The third-order valence-electron chi connectivity index (χ3n) is 4.68. The van der Waals surface area contributed by atoms with Gasteiger partial charge in [0.2, 0.25) is 0 Å². The van der Waals surface area contributed by atoms with Crippen LogP contribution in [0.15, 0.2) is 12.4 Å². The van der Waals surface area contributed by atoms with Crippen LogP contribution in [0.2, 0.25) is 0 Å². The topological polar surface area (TPSA) is 33.1 Å². The molecule has 0 saturated carbocycles. The molecule has 0 amide bonds. The Labute approximate surface area is 129 Å². The molecule has 21 heavy (non-hydrogen) atoms. The number of aryl methyl sites for hydroxylation is 1. The van der Waals surface area contributed by atoms with Crippen molar-refractivity contribution >= 4 is 0 Å². The summed E-state index contributed by atoms with van der Waals surface area (Å²) in [6.07, 6.45) is 6.52. The second kappa shape index (κ2) is 6.93. The smallest absolute Gasteiger partial charge is 0.105 e. The average Bonchev–Trinajstić information content (AvgIpc) is 2.81. The first-order chi connectivity index (χ1) is 9.91. The van der Waals surface area contributed by atoms with Crippen LogP contribution in [0.5, 0.6) is 0 Å². The van der Waals surface area contributed by atoms with Gasteiger partial charge in [-0.15, -0.1) is 0 Å². The molecular formula is C17H32N4. The summed E-state index contributed by atoms with van der Waals surface area (Å²) >= 11 is 0. The number of imidazole rings is 1. The van der Waals surface area contributed by atoms with Gasteiger partial charge < -0.3 is 9.88 Å². The molecule has 1 fully saturated rings. The Morgan fingerprint density at radius 2 is 2.10 bits per heavy atom. The van der Waals surface area contributed by atoms with Crippen LogP contribution < -0.4 is 5.32 Å². The zero-order valence-electron chi connectivity index (χ0n) is 14.4. The molecule has 4 heteroatoms. The highest BCUT2D eigenvalue weighted by Gasteiger charge is 2.34. The minimum atomic E-state index is 0.314. The van der Waals surface area contributed by atoms with E-state index in [1.807, 2.05) is 6.20 Å². The largest absolute Gasteiger partial charge is 0.334 e. The van der Waals surface area contributed by atoms with Crippen molar-refractivity contribution in [3.63, 3.8) is 0 Å². The zero-order valence-corrected chi connectivity index (χ0v) is 14.4. The second-order valence-corrected chi connectivity index (χ2v) is 7.44. The quantitative estimate of drug-likeness (QED) is 0.906. The van der Waals surface area contributed by atoms with Gasteiger partial charge in [-0.2, -0.15) is 0 Å². The van der Waals surface area contributed by atoms with E-state index in [1.165, 1.54) is 19.4 Å². The normalized spacial score (nSPS) is 24.4. The number of piperazine rings is 1. The first-order valence-corrected chi connectivity index (χ1v) is 8.37. The van der Waals surface area contributed by atoms with Gasteiger partial charge in [-0.1, -0.05) is 34.1 Å². The fourth-order valence-corrected chi connectivity index (χ4v) is 3.40. The lowest BCUT2D eigenvalue weighted by Gasteiger charge is -2.46. The lowest BCUT2D eigenvalue weighted by molar-refractivity contribution is 0.0509. The third-order valence-corrected chi connectivity index (χ3v) is 4.68. The van der Waals surface area contributed by atoms with Gasteiger partial charge in [0, 0.05) is 50.7 Å². The van der Waals surface area contributed by atoms with Crippen molar-refractivity contribution in [2.45, 2.75) is 66.1 Å². The molecular weight excluding hydrogens is 260 g/mol. The van der Waals surface area contributed by atoms with Crippen molar-refractivity contribution < 1.29 is 0 Å². The Bertz CT molecular complexity index is 432. The van der Waals surface area contributed by atoms with Crippen LogP contribution >= 0.6 is 0 Å². The summed E-state index contributed by atoms with van der Waals surface area (Å²) in [5.41, 5.74) is 0.314. The molecule has 2 rings (SSSR count). The molecule has 0 aliphatic carbocycles. The molecule has 1 N–H and O–H groups in total. The third kappa shape index (κ3) is 4.30. The summed E-state index contributed by atoms with van der Waals surface area (Å²) in [5, 5.41) is 3.75. The SMILES string of the molecule is CCCC1CN(CCn2ccnc2C)C(C(C)(C)C)CN1. The highest BCUT2D eigenvalue weighted by molar-refractivity contribution is 4.93. The molecule has 4 nitrogen and oxygen atoms in total. The summed E-state index contributed by atoms with van der Waals surface area (Å²) in [6, 6.07) is 1.26. The van der Waals surface area contributed by atoms with E-state index in [4.69, 9.17) is 0 Å². The van der Waals surface area contributed by atoms with E-state index in [1.54, 1.807) is 0 Å².